The Morgan fingerprint density at radius 2 is 1.89 bits per heavy atom. The third-order valence-electron chi connectivity index (χ3n) is 5.61. The number of nitrogens with zero attached hydrogens (tertiary/aromatic N) is 3. The van der Waals surface area contributed by atoms with Gasteiger partial charge in [0.15, 0.2) is 17.1 Å². The van der Waals surface area contributed by atoms with Crippen LogP contribution in [0.1, 0.15) is 34.8 Å². The molecule has 0 aliphatic heterocycles. The van der Waals surface area contributed by atoms with E-state index >= 15 is 0 Å². The molecule has 1 atom stereocenters. The fraction of sp³-hybridized carbons (Fsp3) is 0.214. The van der Waals surface area contributed by atoms with Gasteiger partial charge in [-0.3, -0.25) is 9.36 Å². The number of thioether (sulfide) groups is 1. The van der Waals surface area contributed by atoms with Crippen molar-refractivity contribution in [2.45, 2.75) is 31.7 Å². The van der Waals surface area contributed by atoms with E-state index in [0.29, 0.717) is 33.7 Å². The van der Waals surface area contributed by atoms with Gasteiger partial charge in [-0.25, -0.2) is 4.79 Å². The second-order valence-electron chi connectivity index (χ2n) is 8.36. The zero-order chi connectivity index (χ0) is 27.1. The smallest absolute Gasteiger partial charge is 0.341 e. The molecule has 0 aliphatic rings. The van der Waals surface area contributed by atoms with Gasteiger partial charge in [0, 0.05) is 17.5 Å². The molecular formula is C28H28N4O4S2. The highest BCUT2D eigenvalue weighted by Gasteiger charge is 2.23. The number of ether oxygens (including phenoxy) is 2. The average molecular weight is 549 g/mol. The average Bonchev–Trinajstić information content (AvgIpc) is 3.53. The van der Waals surface area contributed by atoms with Crippen LogP contribution in [0.2, 0.25) is 0 Å². The van der Waals surface area contributed by atoms with E-state index < -0.39 is 5.97 Å². The molecule has 0 fully saturated rings. The minimum absolute atomic E-state index is 0.0711. The number of anilines is 1. The molecule has 4 aromatic rings. The van der Waals surface area contributed by atoms with Gasteiger partial charge in [-0.2, -0.15) is 0 Å². The van der Waals surface area contributed by atoms with E-state index in [-0.39, 0.29) is 17.8 Å². The van der Waals surface area contributed by atoms with Crippen LogP contribution in [0.15, 0.2) is 77.8 Å². The fourth-order valence-electron chi connectivity index (χ4n) is 3.76. The second-order valence-corrected chi connectivity index (χ2v) is 10.2. The maximum Gasteiger partial charge on any atom is 0.341 e. The largest absolute Gasteiger partial charge is 0.483 e. The summed E-state index contributed by atoms with van der Waals surface area (Å²) < 4.78 is 12.9. The molecule has 0 saturated carbocycles. The van der Waals surface area contributed by atoms with Crippen molar-refractivity contribution in [2.24, 2.45) is 0 Å². The van der Waals surface area contributed by atoms with Crippen LogP contribution in [-0.2, 0) is 16.1 Å². The Kier molecular flexibility index (Phi) is 8.98. The molecule has 2 heterocycles. The second kappa shape index (κ2) is 12.6. The highest BCUT2D eigenvalue weighted by Crippen LogP contribution is 2.36. The topological polar surface area (TPSA) is 95.3 Å². The Balaban J connectivity index is 1.46. The lowest BCUT2D eigenvalue weighted by Gasteiger charge is -2.16. The first kappa shape index (κ1) is 27.2. The molecule has 1 N–H and O–H groups in total. The maximum atomic E-state index is 12.9. The van der Waals surface area contributed by atoms with Crippen molar-refractivity contribution in [1.82, 2.24) is 14.8 Å². The summed E-state index contributed by atoms with van der Waals surface area (Å²) in [5.41, 5.74) is 3.06. The maximum absolute atomic E-state index is 12.9. The van der Waals surface area contributed by atoms with Gasteiger partial charge >= 0.3 is 5.97 Å². The number of carbonyl (C=O) groups is 2. The molecule has 4 rings (SSSR count). The molecule has 0 radical (unpaired) electrons. The molecule has 2 aromatic heterocycles. The van der Waals surface area contributed by atoms with Crippen LogP contribution in [-0.4, -0.2) is 39.5 Å². The molecule has 196 valence electrons. The van der Waals surface area contributed by atoms with Gasteiger partial charge in [0.05, 0.1) is 12.9 Å². The van der Waals surface area contributed by atoms with E-state index in [1.54, 1.807) is 6.08 Å². The Morgan fingerprint density at radius 1 is 1.16 bits per heavy atom. The number of rotatable bonds is 11. The molecule has 2 aromatic carbocycles. The number of hydrogen-bond acceptors (Lipinski definition) is 8. The number of aryl methyl sites for hydroxylation is 1. The Bertz CT molecular complexity index is 1410. The third kappa shape index (κ3) is 6.32. The lowest BCUT2D eigenvalue weighted by Crippen LogP contribution is -2.17. The number of hydrogen-bond donors (Lipinski definition) is 1. The Labute approximate surface area is 229 Å². The van der Waals surface area contributed by atoms with E-state index in [1.807, 2.05) is 78.4 Å². The van der Waals surface area contributed by atoms with Crippen molar-refractivity contribution in [1.29, 1.82) is 0 Å². The molecule has 0 spiro atoms. The van der Waals surface area contributed by atoms with Crippen molar-refractivity contribution < 1.29 is 19.1 Å². The summed E-state index contributed by atoms with van der Waals surface area (Å²) in [4.78, 5) is 25.5. The van der Waals surface area contributed by atoms with E-state index in [2.05, 4.69) is 22.1 Å². The number of nitrogens with one attached hydrogen (secondary N) is 1. The predicted octanol–water partition coefficient (Wildman–Crippen LogP) is 6.16. The highest BCUT2D eigenvalue weighted by molar-refractivity contribution is 7.99. The number of thiophene rings is 1. The summed E-state index contributed by atoms with van der Waals surface area (Å²) in [7, 11) is 1.32. The zero-order valence-corrected chi connectivity index (χ0v) is 23.0. The first-order valence-corrected chi connectivity index (χ1v) is 13.7. The number of esters is 1. The van der Waals surface area contributed by atoms with Crippen LogP contribution in [0.5, 0.6) is 5.75 Å². The standard InChI is InChI=1S/C28H28N4O4S2/c1-5-15-32-25(19(3)36-21-13-11-18(2)12-14-21)30-31-28(32)38-17-23(33)29-26-24(27(34)35-4)22(16-37-26)20-9-7-6-8-10-20/h5-14,16,19H,1,15,17H2,2-4H3,(H,29,33). The van der Waals surface area contributed by atoms with E-state index in [0.717, 1.165) is 16.9 Å². The summed E-state index contributed by atoms with van der Waals surface area (Å²) in [5.74, 6) is 0.650. The molecule has 10 heteroatoms. The van der Waals surface area contributed by atoms with Crippen LogP contribution in [0.3, 0.4) is 0 Å². The number of amides is 1. The number of aromatic nitrogens is 3. The van der Waals surface area contributed by atoms with Crippen molar-refractivity contribution in [2.75, 3.05) is 18.2 Å². The summed E-state index contributed by atoms with van der Waals surface area (Å²) in [6.45, 7) is 8.22. The van der Waals surface area contributed by atoms with Gasteiger partial charge in [0.2, 0.25) is 5.91 Å². The van der Waals surface area contributed by atoms with Crippen molar-refractivity contribution >= 4 is 40.0 Å². The van der Waals surface area contributed by atoms with Crippen molar-refractivity contribution in [3.05, 3.63) is 89.6 Å². The molecule has 0 bridgehead atoms. The fourth-order valence-corrected chi connectivity index (χ4v) is 5.49. The summed E-state index contributed by atoms with van der Waals surface area (Å²) in [5, 5.41) is 14.3. The molecule has 8 nitrogen and oxygen atoms in total. The zero-order valence-electron chi connectivity index (χ0n) is 21.3. The summed E-state index contributed by atoms with van der Waals surface area (Å²) in [6.07, 6.45) is 1.38. The van der Waals surface area contributed by atoms with E-state index in [9.17, 15) is 9.59 Å². The Morgan fingerprint density at radius 3 is 2.58 bits per heavy atom. The van der Waals surface area contributed by atoms with Crippen LogP contribution in [0.4, 0.5) is 5.00 Å². The molecule has 1 amide bonds. The van der Waals surface area contributed by atoms with E-state index in [1.165, 1.54) is 30.2 Å². The number of carbonyl (C=O) groups excluding carboxylic acids is 2. The molecular weight excluding hydrogens is 520 g/mol. The van der Waals surface area contributed by atoms with Crippen molar-refractivity contribution in [3.63, 3.8) is 0 Å². The number of allylic oxidation sites excluding steroid dienone is 1. The molecule has 0 saturated heterocycles. The first-order chi connectivity index (χ1) is 18.4. The SMILES string of the molecule is C=CCn1c(SCC(=O)Nc2scc(-c3ccccc3)c2C(=O)OC)nnc1C(C)Oc1ccc(C)cc1. The quantitative estimate of drug-likeness (QED) is 0.136. The van der Waals surface area contributed by atoms with Gasteiger partial charge in [0.1, 0.15) is 16.3 Å². The first-order valence-electron chi connectivity index (χ1n) is 11.9. The van der Waals surface area contributed by atoms with Crippen molar-refractivity contribution in [3.8, 4) is 16.9 Å². The van der Waals surface area contributed by atoms with Gasteiger partial charge in [0.25, 0.3) is 0 Å². The minimum Gasteiger partial charge on any atom is -0.483 e. The summed E-state index contributed by atoms with van der Waals surface area (Å²) in [6, 6.07) is 17.3. The molecule has 0 aliphatic carbocycles. The van der Waals surface area contributed by atoms with Gasteiger partial charge in [-0.1, -0.05) is 65.9 Å². The summed E-state index contributed by atoms with van der Waals surface area (Å²) >= 11 is 2.53. The van der Waals surface area contributed by atoms with Crippen LogP contribution in [0, 0.1) is 6.92 Å². The lowest BCUT2D eigenvalue weighted by atomic mass is 10.0. The number of benzene rings is 2. The van der Waals surface area contributed by atoms with Gasteiger partial charge in [-0.05, 0) is 31.5 Å². The highest BCUT2D eigenvalue weighted by atomic mass is 32.2. The molecule has 1 unspecified atom stereocenters. The van der Waals surface area contributed by atoms with E-state index in [4.69, 9.17) is 9.47 Å². The van der Waals surface area contributed by atoms with Crippen LogP contribution in [0.25, 0.3) is 11.1 Å². The van der Waals surface area contributed by atoms with Crippen LogP contribution >= 0.6 is 23.1 Å². The van der Waals surface area contributed by atoms with Gasteiger partial charge < -0.3 is 14.8 Å². The normalized spacial score (nSPS) is 11.6. The predicted molar refractivity (Wildman–Crippen MR) is 151 cm³/mol. The van der Waals surface area contributed by atoms with Gasteiger partial charge in [-0.15, -0.1) is 28.1 Å². The lowest BCUT2D eigenvalue weighted by molar-refractivity contribution is -0.113. The molecule has 38 heavy (non-hydrogen) atoms. The number of methoxy groups -OCH3 is 1. The third-order valence-corrected chi connectivity index (χ3v) is 7.47. The minimum atomic E-state index is -0.508. The monoisotopic (exact) mass is 548 g/mol. The Hall–Kier alpha value is -3.89. The van der Waals surface area contributed by atoms with Crippen LogP contribution < -0.4 is 10.1 Å².